The summed E-state index contributed by atoms with van der Waals surface area (Å²) < 4.78 is 0. The fraction of sp³-hybridized carbons (Fsp3) is 0.250. The number of hydrogen-bond acceptors (Lipinski definition) is 5. The maximum absolute atomic E-state index is 13.3. The molecule has 0 aliphatic heterocycles. The van der Waals surface area contributed by atoms with Gasteiger partial charge in [0.1, 0.15) is 0 Å². The number of aromatic amines is 1. The van der Waals surface area contributed by atoms with Crippen LogP contribution in [0.15, 0.2) is 48.7 Å². The minimum Gasteiger partial charge on any atom is -0.359 e. The van der Waals surface area contributed by atoms with Gasteiger partial charge in [0.2, 0.25) is 0 Å². The first-order valence-electron chi connectivity index (χ1n) is 9.09. The number of carbonyl (C=O) groups is 1. The molecule has 0 bridgehead atoms. The van der Waals surface area contributed by atoms with Crippen molar-refractivity contribution in [3.05, 3.63) is 74.5 Å². The molecule has 0 atom stereocenters. The van der Waals surface area contributed by atoms with Gasteiger partial charge in [-0.2, -0.15) is 0 Å². The largest absolute Gasteiger partial charge is 0.359 e. The smallest absolute Gasteiger partial charge is 0.277 e. The molecule has 1 heterocycles. The number of H-pyrrole nitrogens is 1. The minimum absolute atomic E-state index is 0.0973. The average molecular weight is 396 g/mol. The summed E-state index contributed by atoms with van der Waals surface area (Å²) >= 11 is 0. The predicted octanol–water partition coefficient (Wildman–Crippen LogP) is 4.68. The SMILES string of the molecule is CC(C)CCN(C(=O)c1cc([N+](=O)[O-])cc([N+](=O)[O-])c1)c1c[nH]c2ccccc12. The number of benzene rings is 2. The second-order valence-corrected chi connectivity index (χ2v) is 7.11. The third-order valence-corrected chi connectivity index (χ3v) is 4.60. The van der Waals surface area contributed by atoms with Gasteiger partial charge in [0, 0.05) is 35.8 Å². The van der Waals surface area contributed by atoms with Crippen LogP contribution in [0.25, 0.3) is 10.9 Å². The van der Waals surface area contributed by atoms with Crippen LogP contribution in [-0.4, -0.2) is 27.3 Å². The van der Waals surface area contributed by atoms with E-state index < -0.39 is 27.1 Å². The first kappa shape index (κ1) is 20.0. The van der Waals surface area contributed by atoms with Crippen molar-refractivity contribution in [3.8, 4) is 0 Å². The van der Waals surface area contributed by atoms with E-state index in [0.29, 0.717) is 24.6 Å². The number of aromatic nitrogens is 1. The summed E-state index contributed by atoms with van der Waals surface area (Å²) in [6.07, 6.45) is 2.40. The zero-order valence-electron chi connectivity index (χ0n) is 16.0. The van der Waals surface area contributed by atoms with E-state index in [1.807, 2.05) is 38.1 Å². The standard InChI is InChI=1S/C20H20N4O5/c1-13(2)7-8-22(19-12-21-18-6-4-3-5-17(18)19)20(25)14-9-15(23(26)27)11-16(10-14)24(28)29/h3-6,9-13,21H,7-8H2,1-2H3. The highest BCUT2D eigenvalue weighted by Crippen LogP contribution is 2.30. The lowest BCUT2D eigenvalue weighted by molar-refractivity contribution is -0.394. The van der Waals surface area contributed by atoms with Gasteiger partial charge in [-0.1, -0.05) is 32.0 Å². The molecule has 1 amide bonds. The van der Waals surface area contributed by atoms with Crippen molar-refractivity contribution in [1.29, 1.82) is 0 Å². The van der Waals surface area contributed by atoms with Crippen molar-refractivity contribution in [1.82, 2.24) is 4.98 Å². The molecule has 3 rings (SSSR count). The molecular formula is C20H20N4O5. The van der Waals surface area contributed by atoms with Gasteiger partial charge in [0.05, 0.1) is 27.2 Å². The molecule has 0 radical (unpaired) electrons. The van der Waals surface area contributed by atoms with E-state index in [4.69, 9.17) is 0 Å². The monoisotopic (exact) mass is 396 g/mol. The van der Waals surface area contributed by atoms with Crippen LogP contribution in [0.4, 0.5) is 17.1 Å². The summed E-state index contributed by atoms with van der Waals surface area (Å²) in [5.74, 6) is -0.211. The van der Waals surface area contributed by atoms with E-state index >= 15 is 0 Å². The highest BCUT2D eigenvalue weighted by atomic mass is 16.6. The molecule has 29 heavy (non-hydrogen) atoms. The first-order valence-corrected chi connectivity index (χ1v) is 9.09. The number of nitrogens with one attached hydrogen (secondary N) is 1. The number of para-hydroxylation sites is 1. The van der Waals surface area contributed by atoms with Crippen LogP contribution < -0.4 is 4.90 Å². The van der Waals surface area contributed by atoms with Gasteiger partial charge in [-0.15, -0.1) is 0 Å². The normalized spacial score (nSPS) is 11.0. The van der Waals surface area contributed by atoms with Gasteiger partial charge in [0.25, 0.3) is 17.3 Å². The Kier molecular flexibility index (Phi) is 5.58. The molecule has 0 aliphatic rings. The van der Waals surface area contributed by atoms with Crippen LogP contribution in [0.3, 0.4) is 0 Å². The first-order chi connectivity index (χ1) is 13.8. The van der Waals surface area contributed by atoms with Gasteiger partial charge >= 0.3 is 0 Å². The number of carbonyl (C=O) groups excluding carboxylic acids is 1. The molecule has 0 unspecified atom stereocenters. The third-order valence-electron chi connectivity index (χ3n) is 4.60. The van der Waals surface area contributed by atoms with Crippen LogP contribution in [0, 0.1) is 26.1 Å². The Labute approximate surface area is 166 Å². The number of anilines is 1. The molecule has 9 nitrogen and oxygen atoms in total. The van der Waals surface area contributed by atoms with Crippen LogP contribution >= 0.6 is 0 Å². The van der Waals surface area contributed by atoms with Crippen molar-refractivity contribution >= 4 is 33.9 Å². The van der Waals surface area contributed by atoms with Gasteiger partial charge in [0.15, 0.2) is 0 Å². The summed E-state index contributed by atoms with van der Waals surface area (Å²) in [6.45, 7) is 4.42. The number of fused-ring (bicyclic) bond motifs is 1. The Bertz CT molecular complexity index is 1060. The summed E-state index contributed by atoms with van der Waals surface area (Å²) in [4.78, 5) is 38.8. The number of nitro benzene ring substituents is 2. The van der Waals surface area contributed by atoms with Crippen molar-refractivity contribution in [2.75, 3.05) is 11.4 Å². The summed E-state index contributed by atoms with van der Waals surface area (Å²) in [6, 6.07) is 10.5. The lowest BCUT2D eigenvalue weighted by Crippen LogP contribution is -2.32. The highest BCUT2D eigenvalue weighted by Gasteiger charge is 2.25. The highest BCUT2D eigenvalue weighted by molar-refractivity contribution is 6.11. The van der Waals surface area contributed by atoms with E-state index in [0.717, 1.165) is 29.1 Å². The van der Waals surface area contributed by atoms with Gasteiger partial charge in [-0.3, -0.25) is 25.0 Å². The number of nitrogens with zero attached hydrogens (tertiary/aromatic N) is 3. The Morgan fingerprint density at radius 2 is 1.69 bits per heavy atom. The molecule has 0 fully saturated rings. The van der Waals surface area contributed by atoms with Gasteiger partial charge in [-0.05, 0) is 18.4 Å². The number of rotatable bonds is 7. The third kappa shape index (κ3) is 4.23. The predicted molar refractivity (Wildman–Crippen MR) is 109 cm³/mol. The molecule has 150 valence electrons. The number of hydrogen-bond donors (Lipinski definition) is 1. The van der Waals surface area contributed by atoms with E-state index in [-0.39, 0.29) is 5.56 Å². The maximum Gasteiger partial charge on any atom is 0.277 e. The maximum atomic E-state index is 13.3. The summed E-state index contributed by atoms with van der Waals surface area (Å²) in [5.41, 5.74) is 0.380. The molecule has 2 aromatic carbocycles. The van der Waals surface area contributed by atoms with Crippen molar-refractivity contribution in [2.45, 2.75) is 20.3 Å². The van der Waals surface area contributed by atoms with Crippen molar-refractivity contribution in [3.63, 3.8) is 0 Å². The lowest BCUT2D eigenvalue weighted by atomic mass is 10.1. The molecule has 9 heteroatoms. The molecule has 3 aromatic rings. The van der Waals surface area contributed by atoms with E-state index in [2.05, 4.69) is 4.98 Å². The number of nitro groups is 2. The van der Waals surface area contributed by atoms with Crippen LogP contribution in [0.5, 0.6) is 0 Å². The molecule has 1 aromatic heterocycles. The Hall–Kier alpha value is -3.75. The Morgan fingerprint density at radius 1 is 1.07 bits per heavy atom. The number of amides is 1. The Balaban J connectivity index is 2.10. The lowest BCUT2D eigenvalue weighted by Gasteiger charge is -2.23. The fourth-order valence-electron chi connectivity index (χ4n) is 3.08. The molecule has 1 N–H and O–H groups in total. The number of non-ortho nitro benzene ring substituents is 2. The van der Waals surface area contributed by atoms with E-state index in [1.54, 1.807) is 6.20 Å². The molecule has 0 aliphatic carbocycles. The summed E-state index contributed by atoms with van der Waals surface area (Å²) in [7, 11) is 0. The quantitative estimate of drug-likeness (QED) is 0.459. The van der Waals surface area contributed by atoms with Crippen LogP contribution in [-0.2, 0) is 0 Å². The summed E-state index contributed by atoms with van der Waals surface area (Å²) in [5, 5.41) is 23.2. The zero-order chi connectivity index (χ0) is 21.1. The molecular weight excluding hydrogens is 376 g/mol. The Morgan fingerprint density at radius 3 is 2.28 bits per heavy atom. The minimum atomic E-state index is -0.742. The van der Waals surface area contributed by atoms with E-state index in [1.165, 1.54) is 4.90 Å². The molecule has 0 spiro atoms. The second kappa shape index (κ2) is 8.09. The van der Waals surface area contributed by atoms with Crippen LogP contribution in [0.2, 0.25) is 0 Å². The van der Waals surface area contributed by atoms with Gasteiger partial charge < -0.3 is 9.88 Å². The van der Waals surface area contributed by atoms with Crippen molar-refractivity contribution in [2.24, 2.45) is 5.92 Å². The second-order valence-electron chi connectivity index (χ2n) is 7.11. The zero-order valence-corrected chi connectivity index (χ0v) is 16.0. The van der Waals surface area contributed by atoms with Crippen LogP contribution in [0.1, 0.15) is 30.6 Å². The molecule has 0 saturated carbocycles. The average Bonchev–Trinajstić information content (AvgIpc) is 3.11. The van der Waals surface area contributed by atoms with Crippen molar-refractivity contribution < 1.29 is 14.6 Å². The topological polar surface area (TPSA) is 122 Å². The van der Waals surface area contributed by atoms with Gasteiger partial charge in [-0.25, -0.2) is 0 Å². The van der Waals surface area contributed by atoms with E-state index in [9.17, 15) is 25.0 Å². The fourth-order valence-corrected chi connectivity index (χ4v) is 3.08. The molecule has 0 saturated heterocycles.